The van der Waals surface area contributed by atoms with E-state index in [0.717, 1.165) is 38.2 Å². The van der Waals surface area contributed by atoms with Crippen LogP contribution in [0.2, 0.25) is 18.6 Å². The largest absolute Gasteiger partial charge is 0.497 e. The molecule has 0 bridgehead atoms. The highest BCUT2D eigenvalue weighted by molar-refractivity contribution is 9.10. The number of anilines is 3. The number of hydrogen-bond donors (Lipinski definition) is 1. The summed E-state index contributed by atoms with van der Waals surface area (Å²) in [5, 5.41) is 11.7. The molecule has 308 valence electrons. The van der Waals surface area contributed by atoms with E-state index in [2.05, 4.69) is 54.1 Å². The molecule has 0 aromatic heterocycles. The number of rotatable bonds is 9. The number of hydrogen-bond acceptors (Lipinski definition) is 7. The van der Waals surface area contributed by atoms with Crippen molar-refractivity contribution in [2.75, 3.05) is 30.1 Å². The second-order valence-corrected chi connectivity index (χ2v) is 22.5. The van der Waals surface area contributed by atoms with Gasteiger partial charge in [-0.15, -0.1) is 0 Å². The molecule has 0 radical (unpaired) electrons. The molecule has 5 aromatic rings. The standard InChI is InChI=1S/C48H48BrN3O7Si/c1-30-46(60(3,4)38-19-17-37(57-2)18-20-38)43(25-44(54)50-27-33-12-6-5-11-32(33)23-36(50)28-53)59-48(30)39-24-34(49)16-21-40(39)51(47(48)56)26-31-10-9-13-35(22-31)52-41-14-7-8-15-42(41)58-29-45(52)55/h5-22,24,30,36,43,46,53H,23,25-29H2,1-4H3/t30-,36-,43+,46-,48+/m0/s1. The molecule has 0 unspecified atom stereocenters. The monoisotopic (exact) mass is 885 g/mol. The zero-order valence-electron chi connectivity index (χ0n) is 34.1. The van der Waals surface area contributed by atoms with Crippen molar-refractivity contribution < 1.29 is 33.7 Å². The van der Waals surface area contributed by atoms with E-state index >= 15 is 4.79 Å². The lowest BCUT2D eigenvalue weighted by molar-refractivity contribution is -0.151. The van der Waals surface area contributed by atoms with E-state index in [1.165, 1.54) is 5.19 Å². The van der Waals surface area contributed by atoms with Gasteiger partial charge in [0.15, 0.2) is 12.2 Å². The maximum atomic E-state index is 15.6. The van der Waals surface area contributed by atoms with Gasteiger partial charge in [-0.05, 0) is 83.2 Å². The Morgan fingerprint density at radius 2 is 1.67 bits per heavy atom. The van der Waals surface area contributed by atoms with Crippen LogP contribution in [-0.2, 0) is 44.2 Å². The van der Waals surface area contributed by atoms with Crippen LogP contribution < -0.4 is 24.5 Å². The average Bonchev–Trinajstić information content (AvgIpc) is 3.68. The third-order valence-corrected chi connectivity index (χ3v) is 18.1. The highest BCUT2D eigenvalue weighted by Gasteiger charge is 2.66. The summed E-state index contributed by atoms with van der Waals surface area (Å²) in [4.78, 5) is 48.8. The second kappa shape index (κ2) is 15.6. The minimum absolute atomic E-state index is 0.0652. The Balaban J connectivity index is 1.09. The number of amides is 3. The van der Waals surface area contributed by atoms with Crippen molar-refractivity contribution in [2.45, 2.75) is 69.2 Å². The first-order chi connectivity index (χ1) is 28.9. The van der Waals surface area contributed by atoms with Gasteiger partial charge >= 0.3 is 0 Å². The lowest BCUT2D eigenvalue weighted by Gasteiger charge is -2.39. The number of carbonyl (C=O) groups excluding carboxylic acids is 3. The Labute approximate surface area is 359 Å². The summed E-state index contributed by atoms with van der Waals surface area (Å²) in [5.41, 5.74) is 4.37. The Morgan fingerprint density at radius 1 is 0.917 bits per heavy atom. The topological polar surface area (TPSA) is 109 Å². The summed E-state index contributed by atoms with van der Waals surface area (Å²) in [6.07, 6.45) is 0.0388. The molecule has 4 heterocycles. The first-order valence-electron chi connectivity index (χ1n) is 20.5. The first kappa shape index (κ1) is 40.1. The quantitative estimate of drug-likeness (QED) is 0.152. The molecule has 60 heavy (non-hydrogen) atoms. The van der Waals surface area contributed by atoms with Gasteiger partial charge in [0, 0.05) is 28.2 Å². The fourth-order valence-corrected chi connectivity index (χ4v) is 14.7. The van der Waals surface area contributed by atoms with Crippen molar-refractivity contribution in [3.63, 3.8) is 0 Å². The van der Waals surface area contributed by atoms with Crippen LogP contribution in [0.15, 0.2) is 120 Å². The number of benzene rings is 5. The van der Waals surface area contributed by atoms with Crippen LogP contribution in [0.3, 0.4) is 0 Å². The van der Waals surface area contributed by atoms with Crippen molar-refractivity contribution in [3.05, 3.63) is 142 Å². The number of methoxy groups -OCH3 is 1. The van der Waals surface area contributed by atoms with E-state index in [0.29, 0.717) is 30.1 Å². The minimum Gasteiger partial charge on any atom is -0.497 e. The molecule has 1 N–H and O–H groups in total. The highest BCUT2D eigenvalue weighted by atomic mass is 79.9. The van der Waals surface area contributed by atoms with Crippen molar-refractivity contribution in [3.8, 4) is 11.5 Å². The number of carbonyl (C=O) groups is 3. The molecule has 1 spiro atoms. The molecule has 5 atom stereocenters. The average molecular weight is 887 g/mol. The zero-order chi connectivity index (χ0) is 41.9. The fraction of sp³-hybridized carbons (Fsp3) is 0.312. The van der Waals surface area contributed by atoms with Crippen LogP contribution in [0, 0.1) is 5.92 Å². The van der Waals surface area contributed by atoms with Crippen LogP contribution in [0.25, 0.3) is 0 Å². The molecule has 12 heteroatoms. The van der Waals surface area contributed by atoms with Crippen LogP contribution in [0.4, 0.5) is 17.1 Å². The normalized spacial score (nSPS) is 23.3. The number of fused-ring (bicyclic) bond motifs is 4. The molecule has 4 aliphatic heterocycles. The second-order valence-electron chi connectivity index (χ2n) is 16.9. The number of aliphatic hydroxyl groups excluding tert-OH is 1. The van der Waals surface area contributed by atoms with Crippen LogP contribution in [0.1, 0.15) is 35.6 Å². The molecule has 0 aliphatic carbocycles. The molecule has 3 amide bonds. The number of ether oxygens (including phenoxy) is 3. The Morgan fingerprint density at radius 3 is 2.43 bits per heavy atom. The van der Waals surface area contributed by atoms with Gasteiger partial charge in [0.25, 0.3) is 11.8 Å². The van der Waals surface area contributed by atoms with Gasteiger partial charge < -0.3 is 29.1 Å². The van der Waals surface area contributed by atoms with E-state index in [1.54, 1.807) is 21.8 Å². The molecular weight excluding hydrogens is 839 g/mol. The number of halogens is 1. The van der Waals surface area contributed by atoms with E-state index in [-0.39, 0.29) is 61.4 Å². The van der Waals surface area contributed by atoms with Gasteiger partial charge in [-0.25, -0.2) is 0 Å². The predicted octanol–water partition coefficient (Wildman–Crippen LogP) is 7.61. The van der Waals surface area contributed by atoms with Crippen molar-refractivity contribution in [2.24, 2.45) is 5.92 Å². The summed E-state index contributed by atoms with van der Waals surface area (Å²) in [6, 6.07) is 37.0. The van der Waals surface area contributed by atoms with E-state index < -0.39 is 19.8 Å². The van der Waals surface area contributed by atoms with Crippen molar-refractivity contribution in [1.82, 2.24) is 4.90 Å². The Hall–Kier alpha value is -5.27. The summed E-state index contributed by atoms with van der Waals surface area (Å²) < 4.78 is 19.4. The summed E-state index contributed by atoms with van der Waals surface area (Å²) in [5.74, 6) is 0.603. The molecule has 0 saturated carbocycles. The lowest BCUT2D eigenvalue weighted by atomic mass is 9.82. The molecule has 5 aromatic carbocycles. The van der Waals surface area contributed by atoms with Crippen LogP contribution in [0.5, 0.6) is 11.5 Å². The van der Waals surface area contributed by atoms with Crippen LogP contribution >= 0.6 is 15.9 Å². The van der Waals surface area contributed by atoms with Gasteiger partial charge in [-0.2, -0.15) is 0 Å². The summed E-state index contributed by atoms with van der Waals surface area (Å²) >= 11 is 3.71. The van der Waals surface area contributed by atoms with Gasteiger partial charge in [-0.1, -0.05) is 102 Å². The van der Waals surface area contributed by atoms with E-state index in [1.807, 2.05) is 97.1 Å². The lowest BCUT2D eigenvalue weighted by Crippen LogP contribution is -2.52. The fourth-order valence-electron chi connectivity index (χ4n) is 10.3. The number of nitrogens with zero attached hydrogens (tertiary/aromatic N) is 3. The van der Waals surface area contributed by atoms with Crippen molar-refractivity contribution in [1.29, 1.82) is 0 Å². The molecule has 1 saturated heterocycles. The highest BCUT2D eigenvalue weighted by Crippen LogP contribution is 2.60. The van der Waals surface area contributed by atoms with E-state index in [9.17, 15) is 14.7 Å². The number of aliphatic hydroxyl groups is 1. The SMILES string of the molecule is COc1ccc([Si](C)(C)[C@@H]2[C@@H](CC(=O)N3Cc4ccccc4C[C@H]3CO)O[C@]3(C(=O)N(Cc4cccc(N5C(=O)COc6ccccc65)c4)c4ccc(Br)cc43)[C@H]2C)cc1. The van der Waals surface area contributed by atoms with E-state index in [4.69, 9.17) is 14.2 Å². The predicted molar refractivity (Wildman–Crippen MR) is 237 cm³/mol. The van der Waals surface area contributed by atoms with Crippen LogP contribution in [-0.4, -0.2) is 68.3 Å². The first-order valence-corrected chi connectivity index (χ1v) is 24.4. The molecule has 4 aliphatic rings. The summed E-state index contributed by atoms with van der Waals surface area (Å²) in [6.45, 7) is 7.15. The molecule has 9 rings (SSSR count). The maximum Gasteiger partial charge on any atom is 0.269 e. The molecular formula is C48H48BrN3O7Si. The third-order valence-electron chi connectivity index (χ3n) is 13.3. The molecule has 10 nitrogen and oxygen atoms in total. The van der Waals surface area contributed by atoms with Gasteiger partial charge in [-0.3, -0.25) is 19.3 Å². The summed E-state index contributed by atoms with van der Waals surface area (Å²) in [7, 11) is -0.903. The zero-order valence-corrected chi connectivity index (χ0v) is 36.7. The van der Waals surface area contributed by atoms with Gasteiger partial charge in [0.2, 0.25) is 5.91 Å². The molecule has 1 fully saturated rings. The number of para-hydroxylation sites is 2. The maximum absolute atomic E-state index is 15.6. The van der Waals surface area contributed by atoms with Gasteiger partial charge in [0.1, 0.15) is 11.5 Å². The Kier molecular flexibility index (Phi) is 10.5. The van der Waals surface area contributed by atoms with Crippen molar-refractivity contribution >= 4 is 64.0 Å². The smallest absolute Gasteiger partial charge is 0.269 e. The Bertz CT molecular complexity index is 2500. The third kappa shape index (κ3) is 6.64. The minimum atomic E-state index is -2.55. The van der Waals surface area contributed by atoms with Gasteiger partial charge in [0.05, 0.1) is 58.3 Å².